The predicted octanol–water partition coefficient (Wildman–Crippen LogP) is 4.06. The van der Waals surface area contributed by atoms with Crippen molar-refractivity contribution in [3.63, 3.8) is 0 Å². The van der Waals surface area contributed by atoms with Crippen molar-refractivity contribution in [2.24, 2.45) is 0 Å². The van der Waals surface area contributed by atoms with Crippen molar-refractivity contribution in [3.8, 4) is 0 Å². The van der Waals surface area contributed by atoms with Gasteiger partial charge in [0.2, 0.25) is 0 Å². The van der Waals surface area contributed by atoms with Crippen molar-refractivity contribution >= 4 is 16.5 Å². The summed E-state index contributed by atoms with van der Waals surface area (Å²) in [5.74, 6) is 1.08. The Balaban J connectivity index is 1.74. The van der Waals surface area contributed by atoms with E-state index < -0.39 is 0 Å². The molecular weight excluding hydrogens is 246 g/mol. The van der Waals surface area contributed by atoms with Crippen LogP contribution in [0.1, 0.15) is 19.2 Å². The minimum absolute atomic E-state index is 0.755. The molecule has 0 unspecified atom stereocenters. The first kappa shape index (κ1) is 12.7. The quantitative estimate of drug-likeness (QED) is 0.754. The lowest BCUT2D eigenvalue weighted by Gasteiger charge is -2.09. The summed E-state index contributed by atoms with van der Waals surface area (Å²) in [6, 6.07) is 14.9. The molecule has 2 aromatic carbocycles. The van der Waals surface area contributed by atoms with Gasteiger partial charge in [0.05, 0.1) is 6.54 Å². The zero-order valence-electron chi connectivity index (χ0n) is 11.7. The highest BCUT2D eigenvalue weighted by Crippen LogP contribution is 2.19. The highest BCUT2D eigenvalue weighted by Gasteiger charge is 2.02. The van der Waals surface area contributed by atoms with E-state index in [-0.39, 0.29) is 0 Å². The molecule has 0 aliphatic rings. The zero-order chi connectivity index (χ0) is 13.8. The third-order valence-electron chi connectivity index (χ3n) is 3.47. The molecule has 0 aliphatic heterocycles. The van der Waals surface area contributed by atoms with E-state index in [4.69, 9.17) is 0 Å². The molecule has 102 valence electrons. The average molecular weight is 265 g/mol. The minimum atomic E-state index is 0.755. The molecule has 0 amide bonds. The Kier molecular flexibility index (Phi) is 3.68. The second-order valence-electron chi connectivity index (χ2n) is 4.95. The molecule has 3 heteroatoms. The Hall–Kier alpha value is -2.29. The molecule has 1 heterocycles. The third-order valence-corrected chi connectivity index (χ3v) is 3.47. The lowest BCUT2D eigenvalue weighted by molar-refractivity contribution is 0.644. The molecule has 0 spiro atoms. The van der Waals surface area contributed by atoms with Gasteiger partial charge in [0.1, 0.15) is 5.82 Å². The third kappa shape index (κ3) is 2.67. The smallest absolute Gasteiger partial charge is 0.128 e. The monoisotopic (exact) mass is 265 g/mol. The zero-order valence-corrected chi connectivity index (χ0v) is 11.7. The number of rotatable bonds is 5. The van der Waals surface area contributed by atoms with Crippen molar-refractivity contribution in [2.45, 2.75) is 26.4 Å². The molecule has 0 atom stereocenters. The molecule has 0 aliphatic carbocycles. The normalized spacial score (nSPS) is 10.8. The number of hydrogen-bond donors (Lipinski definition) is 1. The van der Waals surface area contributed by atoms with Crippen LogP contribution in [0.15, 0.2) is 54.9 Å². The Morgan fingerprint density at radius 2 is 1.95 bits per heavy atom. The van der Waals surface area contributed by atoms with E-state index in [0.29, 0.717) is 0 Å². The van der Waals surface area contributed by atoms with Crippen LogP contribution in [0.3, 0.4) is 0 Å². The van der Waals surface area contributed by atoms with Gasteiger partial charge in [0, 0.05) is 24.6 Å². The summed E-state index contributed by atoms with van der Waals surface area (Å²) in [4.78, 5) is 4.41. The fourth-order valence-electron chi connectivity index (χ4n) is 2.43. The summed E-state index contributed by atoms with van der Waals surface area (Å²) < 4.78 is 2.20. The second-order valence-corrected chi connectivity index (χ2v) is 4.95. The lowest BCUT2D eigenvalue weighted by atomic mass is 10.1. The first-order chi connectivity index (χ1) is 9.86. The topological polar surface area (TPSA) is 29.9 Å². The number of aromatic nitrogens is 2. The number of fused-ring (bicyclic) bond motifs is 1. The van der Waals surface area contributed by atoms with Gasteiger partial charge in [0.15, 0.2) is 0 Å². The number of nitrogens with one attached hydrogen (secondary N) is 1. The van der Waals surface area contributed by atoms with Crippen LogP contribution in [-0.4, -0.2) is 9.55 Å². The fourth-order valence-corrected chi connectivity index (χ4v) is 2.43. The van der Waals surface area contributed by atoms with Crippen molar-refractivity contribution in [3.05, 3.63) is 60.7 Å². The van der Waals surface area contributed by atoms with E-state index in [1.807, 2.05) is 12.4 Å². The number of imidazole rings is 1. The molecule has 20 heavy (non-hydrogen) atoms. The predicted molar refractivity (Wildman–Crippen MR) is 83.8 cm³/mol. The fraction of sp³-hybridized carbons (Fsp3) is 0.235. The van der Waals surface area contributed by atoms with E-state index in [9.17, 15) is 0 Å². The Labute approximate surface area is 119 Å². The molecule has 0 radical (unpaired) electrons. The van der Waals surface area contributed by atoms with Gasteiger partial charge in [0.25, 0.3) is 0 Å². The molecule has 0 saturated heterocycles. The number of hydrogen-bond acceptors (Lipinski definition) is 2. The van der Waals surface area contributed by atoms with E-state index in [1.54, 1.807) is 0 Å². The van der Waals surface area contributed by atoms with Crippen LogP contribution in [0, 0.1) is 0 Å². The van der Waals surface area contributed by atoms with Gasteiger partial charge in [-0.3, -0.25) is 0 Å². The van der Waals surface area contributed by atoms with Crippen LogP contribution >= 0.6 is 0 Å². The van der Waals surface area contributed by atoms with Gasteiger partial charge in [-0.05, 0) is 29.3 Å². The molecule has 3 aromatic rings. The molecule has 3 rings (SSSR count). The molecule has 1 aromatic heterocycles. The molecule has 3 nitrogen and oxygen atoms in total. The van der Waals surface area contributed by atoms with E-state index in [2.05, 4.69) is 64.3 Å². The number of benzene rings is 2. The van der Waals surface area contributed by atoms with Crippen LogP contribution in [0.2, 0.25) is 0 Å². The molecule has 0 fully saturated rings. The van der Waals surface area contributed by atoms with E-state index >= 15 is 0 Å². The van der Waals surface area contributed by atoms with Crippen molar-refractivity contribution in [1.82, 2.24) is 9.55 Å². The van der Waals surface area contributed by atoms with Crippen LogP contribution in [-0.2, 0) is 13.1 Å². The largest absolute Gasteiger partial charge is 0.378 e. The minimum Gasteiger partial charge on any atom is -0.378 e. The number of nitrogens with zero attached hydrogens (tertiary/aromatic N) is 2. The highest BCUT2D eigenvalue weighted by atomic mass is 15.1. The van der Waals surface area contributed by atoms with Crippen LogP contribution < -0.4 is 5.32 Å². The summed E-state index contributed by atoms with van der Waals surface area (Å²) in [5, 5.41) is 5.98. The van der Waals surface area contributed by atoms with Crippen molar-refractivity contribution < 1.29 is 0 Å². The lowest BCUT2D eigenvalue weighted by Crippen LogP contribution is -2.08. The Morgan fingerprint density at radius 1 is 1.10 bits per heavy atom. The average Bonchev–Trinajstić information content (AvgIpc) is 2.93. The molecule has 0 bridgehead atoms. The molecule has 1 N–H and O–H groups in total. The van der Waals surface area contributed by atoms with Crippen LogP contribution in [0.25, 0.3) is 10.8 Å². The first-order valence-corrected chi connectivity index (χ1v) is 7.09. The van der Waals surface area contributed by atoms with Crippen molar-refractivity contribution in [1.29, 1.82) is 0 Å². The van der Waals surface area contributed by atoms with Gasteiger partial charge in [-0.2, -0.15) is 0 Å². The van der Waals surface area contributed by atoms with Gasteiger partial charge < -0.3 is 9.88 Å². The summed E-state index contributed by atoms with van der Waals surface area (Å²) in [6.45, 7) is 3.96. The second kappa shape index (κ2) is 5.78. The van der Waals surface area contributed by atoms with Gasteiger partial charge >= 0.3 is 0 Å². The van der Waals surface area contributed by atoms with Gasteiger partial charge in [-0.25, -0.2) is 4.98 Å². The summed E-state index contributed by atoms with van der Waals surface area (Å²) in [5.41, 5.74) is 1.13. The number of aryl methyl sites for hydroxylation is 1. The van der Waals surface area contributed by atoms with Gasteiger partial charge in [-0.1, -0.05) is 37.3 Å². The maximum atomic E-state index is 4.41. The summed E-state index contributed by atoms with van der Waals surface area (Å²) >= 11 is 0. The number of anilines is 1. The maximum absolute atomic E-state index is 4.41. The van der Waals surface area contributed by atoms with Crippen LogP contribution in [0.4, 0.5) is 5.69 Å². The summed E-state index contributed by atoms with van der Waals surface area (Å²) in [6.07, 6.45) is 5.04. The molecular formula is C17H19N3. The van der Waals surface area contributed by atoms with E-state index in [1.165, 1.54) is 10.8 Å². The Bertz CT molecular complexity index is 700. The van der Waals surface area contributed by atoms with Crippen LogP contribution in [0.5, 0.6) is 0 Å². The van der Waals surface area contributed by atoms with Gasteiger partial charge in [-0.15, -0.1) is 0 Å². The summed E-state index contributed by atoms with van der Waals surface area (Å²) in [7, 11) is 0. The maximum Gasteiger partial charge on any atom is 0.128 e. The highest BCUT2D eigenvalue weighted by molar-refractivity contribution is 5.85. The Morgan fingerprint density at radius 3 is 2.80 bits per heavy atom. The SMILES string of the molecule is CCCn1ccnc1CNc1ccc2ccccc2c1. The standard InChI is InChI=1S/C17H19N3/c1-2-10-20-11-9-18-17(20)13-19-16-8-7-14-5-3-4-6-15(14)12-16/h3-9,11-12,19H,2,10,13H2,1H3. The van der Waals surface area contributed by atoms with Crippen molar-refractivity contribution in [2.75, 3.05) is 5.32 Å². The molecule has 0 saturated carbocycles. The first-order valence-electron chi connectivity index (χ1n) is 7.09. The van der Waals surface area contributed by atoms with E-state index in [0.717, 1.165) is 31.0 Å².